The van der Waals surface area contributed by atoms with E-state index < -0.39 is 0 Å². The van der Waals surface area contributed by atoms with Crippen LogP contribution in [0.4, 0.5) is 11.9 Å². The molecule has 5 nitrogen and oxygen atoms in total. The Labute approximate surface area is 144 Å². The molecule has 0 saturated heterocycles. The van der Waals surface area contributed by atoms with Crippen LogP contribution < -0.4 is 10.2 Å². The van der Waals surface area contributed by atoms with Gasteiger partial charge in [-0.15, -0.1) is 13.2 Å². The summed E-state index contributed by atoms with van der Waals surface area (Å²) in [6.07, 6.45) is 4.54. The molecule has 0 fully saturated rings. The molecule has 0 aliphatic rings. The third kappa shape index (κ3) is 6.99. The van der Waals surface area contributed by atoms with Crippen LogP contribution >= 0.6 is 11.6 Å². The summed E-state index contributed by atoms with van der Waals surface area (Å²) in [5.41, 5.74) is 0.0236. The highest BCUT2D eigenvalue weighted by Crippen LogP contribution is 2.29. The number of hydrogen-bond donors (Lipinski definition) is 1. The van der Waals surface area contributed by atoms with Gasteiger partial charge in [-0.2, -0.15) is 15.0 Å². The van der Waals surface area contributed by atoms with Crippen LogP contribution in [0.5, 0.6) is 0 Å². The Morgan fingerprint density at radius 2 is 1.61 bits per heavy atom. The summed E-state index contributed by atoms with van der Waals surface area (Å²) in [7, 11) is 0. The van der Waals surface area contributed by atoms with Crippen molar-refractivity contribution in [1.82, 2.24) is 15.0 Å². The fourth-order valence-corrected chi connectivity index (χ4v) is 2.91. The second-order valence-corrected chi connectivity index (χ2v) is 7.79. The SMILES string of the molecule is C=CCN(CC=C)c1nc(Cl)nc(NC(C)(C)CC(C)(C)C)n1. The summed E-state index contributed by atoms with van der Waals surface area (Å²) in [4.78, 5) is 14.8. The fraction of sp³-hybridized carbons (Fsp3) is 0.588. The zero-order valence-electron chi connectivity index (χ0n) is 14.9. The lowest BCUT2D eigenvalue weighted by Crippen LogP contribution is -2.36. The molecule has 1 aromatic rings. The third-order valence-electron chi connectivity index (χ3n) is 3.00. The number of anilines is 2. The van der Waals surface area contributed by atoms with Crippen molar-refractivity contribution >= 4 is 23.5 Å². The first-order valence-corrected chi connectivity index (χ1v) is 8.10. The van der Waals surface area contributed by atoms with E-state index in [1.54, 1.807) is 12.2 Å². The number of nitrogens with zero attached hydrogens (tertiary/aromatic N) is 4. The van der Waals surface area contributed by atoms with E-state index in [1.807, 2.05) is 4.90 Å². The molecule has 0 aliphatic carbocycles. The Kier molecular flexibility index (Phi) is 6.57. The summed E-state index contributed by atoms with van der Waals surface area (Å²) < 4.78 is 0. The maximum atomic E-state index is 6.08. The molecule has 1 N–H and O–H groups in total. The van der Waals surface area contributed by atoms with Crippen LogP contribution in [0.1, 0.15) is 41.0 Å². The molecule has 1 rings (SSSR count). The highest BCUT2D eigenvalue weighted by molar-refractivity contribution is 6.28. The van der Waals surface area contributed by atoms with Crippen LogP contribution in [0.25, 0.3) is 0 Å². The van der Waals surface area contributed by atoms with Crippen LogP contribution in [0, 0.1) is 5.41 Å². The molecule has 1 heterocycles. The molecule has 128 valence electrons. The lowest BCUT2D eigenvalue weighted by molar-refractivity contribution is 0.301. The summed E-state index contributed by atoms with van der Waals surface area (Å²) in [6.45, 7) is 19.6. The molecule has 0 radical (unpaired) electrons. The van der Waals surface area contributed by atoms with E-state index in [9.17, 15) is 0 Å². The Morgan fingerprint density at radius 1 is 1.04 bits per heavy atom. The highest BCUT2D eigenvalue weighted by atomic mass is 35.5. The summed E-state index contributed by atoms with van der Waals surface area (Å²) >= 11 is 6.08. The molecule has 0 atom stereocenters. The first kappa shape index (κ1) is 19.4. The van der Waals surface area contributed by atoms with Crippen LogP contribution in [0.15, 0.2) is 25.3 Å². The molecule has 0 saturated carbocycles. The van der Waals surface area contributed by atoms with Gasteiger partial charge < -0.3 is 10.2 Å². The molecule has 0 aliphatic heterocycles. The van der Waals surface area contributed by atoms with Crippen molar-refractivity contribution in [3.05, 3.63) is 30.6 Å². The molecule has 0 amide bonds. The topological polar surface area (TPSA) is 53.9 Å². The molecular formula is C17H28ClN5. The number of aromatic nitrogens is 3. The number of nitrogens with one attached hydrogen (secondary N) is 1. The minimum atomic E-state index is -0.165. The third-order valence-corrected chi connectivity index (χ3v) is 3.17. The van der Waals surface area contributed by atoms with Gasteiger partial charge in [-0.25, -0.2) is 0 Å². The molecule has 0 bridgehead atoms. The molecule has 6 heteroatoms. The zero-order valence-corrected chi connectivity index (χ0v) is 15.6. The van der Waals surface area contributed by atoms with Gasteiger partial charge in [-0.3, -0.25) is 0 Å². The predicted molar refractivity (Wildman–Crippen MR) is 99.2 cm³/mol. The molecular weight excluding hydrogens is 310 g/mol. The fourth-order valence-electron chi connectivity index (χ4n) is 2.76. The van der Waals surface area contributed by atoms with Crippen LogP contribution in [0.3, 0.4) is 0 Å². The van der Waals surface area contributed by atoms with E-state index in [1.165, 1.54) is 0 Å². The lowest BCUT2D eigenvalue weighted by atomic mass is 9.82. The minimum absolute atomic E-state index is 0.165. The Morgan fingerprint density at radius 3 is 2.09 bits per heavy atom. The van der Waals surface area contributed by atoms with E-state index in [0.717, 1.165) is 6.42 Å². The van der Waals surface area contributed by atoms with Crippen molar-refractivity contribution < 1.29 is 0 Å². The first-order valence-electron chi connectivity index (χ1n) is 7.73. The maximum Gasteiger partial charge on any atom is 0.232 e. The monoisotopic (exact) mass is 337 g/mol. The van der Waals surface area contributed by atoms with E-state index in [-0.39, 0.29) is 16.2 Å². The predicted octanol–water partition coefficient (Wildman–Crippen LogP) is 4.33. The van der Waals surface area contributed by atoms with Crippen LogP contribution in [-0.2, 0) is 0 Å². The summed E-state index contributed by atoms with van der Waals surface area (Å²) in [6, 6.07) is 0. The van der Waals surface area contributed by atoms with Crippen molar-refractivity contribution in [2.75, 3.05) is 23.3 Å². The van der Waals surface area contributed by atoms with Gasteiger partial charge >= 0.3 is 0 Å². The van der Waals surface area contributed by atoms with E-state index in [2.05, 4.69) is 68.0 Å². The minimum Gasteiger partial charge on any atom is -0.349 e. The van der Waals surface area contributed by atoms with E-state index >= 15 is 0 Å². The molecule has 23 heavy (non-hydrogen) atoms. The van der Waals surface area contributed by atoms with Gasteiger partial charge in [0.2, 0.25) is 17.2 Å². The quantitative estimate of drug-likeness (QED) is 0.715. The van der Waals surface area contributed by atoms with Gasteiger partial charge in [0.25, 0.3) is 0 Å². The second kappa shape index (κ2) is 7.77. The molecule has 0 unspecified atom stereocenters. The Hall–Kier alpha value is -1.62. The summed E-state index contributed by atoms with van der Waals surface area (Å²) in [5.74, 6) is 0.992. The van der Waals surface area contributed by atoms with Crippen molar-refractivity contribution in [2.45, 2.75) is 46.6 Å². The van der Waals surface area contributed by atoms with Gasteiger partial charge in [-0.05, 0) is 37.3 Å². The molecule has 1 aromatic heterocycles. The van der Waals surface area contributed by atoms with Gasteiger partial charge in [0, 0.05) is 18.6 Å². The Bertz CT molecular complexity index is 538. The molecule has 0 spiro atoms. The van der Waals surface area contributed by atoms with Gasteiger partial charge in [0.05, 0.1) is 0 Å². The van der Waals surface area contributed by atoms with Crippen molar-refractivity contribution in [3.63, 3.8) is 0 Å². The van der Waals surface area contributed by atoms with Gasteiger partial charge in [-0.1, -0.05) is 32.9 Å². The van der Waals surface area contributed by atoms with Crippen LogP contribution in [0.2, 0.25) is 5.28 Å². The maximum absolute atomic E-state index is 6.08. The smallest absolute Gasteiger partial charge is 0.232 e. The highest BCUT2D eigenvalue weighted by Gasteiger charge is 2.26. The average molecular weight is 338 g/mol. The van der Waals surface area contributed by atoms with Crippen molar-refractivity contribution in [3.8, 4) is 0 Å². The van der Waals surface area contributed by atoms with Crippen molar-refractivity contribution in [2.24, 2.45) is 5.41 Å². The van der Waals surface area contributed by atoms with Crippen LogP contribution in [-0.4, -0.2) is 33.6 Å². The second-order valence-electron chi connectivity index (χ2n) is 7.46. The zero-order chi connectivity index (χ0) is 17.7. The number of halogens is 1. The van der Waals surface area contributed by atoms with E-state index in [4.69, 9.17) is 11.6 Å². The van der Waals surface area contributed by atoms with Crippen molar-refractivity contribution in [1.29, 1.82) is 0 Å². The largest absolute Gasteiger partial charge is 0.349 e. The normalized spacial score (nSPS) is 11.9. The number of rotatable bonds is 8. The molecule has 0 aromatic carbocycles. The standard InChI is InChI=1S/C17H28ClN5/c1-8-10-23(11-9-2)15-20-13(18)19-14(21-15)22-17(6,7)12-16(3,4)5/h8-9H,1-2,10-12H2,3-7H3,(H,19,20,21,22). The average Bonchev–Trinajstić information content (AvgIpc) is 2.33. The number of hydrogen-bond acceptors (Lipinski definition) is 5. The summed E-state index contributed by atoms with van der Waals surface area (Å²) in [5, 5.41) is 3.54. The first-order chi connectivity index (χ1) is 10.6. The van der Waals surface area contributed by atoms with Gasteiger partial charge in [0.15, 0.2) is 0 Å². The van der Waals surface area contributed by atoms with Gasteiger partial charge in [0.1, 0.15) is 0 Å². The van der Waals surface area contributed by atoms with E-state index in [0.29, 0.717) is 25.0 Å². The lowest BCUT2D eigenvalue weighted by Gasteiger charge is -2.33. The Balaban J connectivity index is 3.04.